The summed E-state index contributed by atoms with van der Waals surface area (Å²) in [7, 11) is 0. The van der Waals surface area contributed by atoms with Crippen LogP contribution in [-0.4, -0.2) is 28.9 Å². The van der Waals surface area contributed by atoms with Crippen LogP contribution >= 0.6 is 12.2 Å². The van der Waals surface area contributed by atoms with Gasteiger partial charge in [0.1, 0.15) is 6.04 Å². The van der Waals surface area contributed by atoms with Crippen LogP contribution in [0.2, 0.25) is 0 Å². The maximum Gasteiger partial charge on any atom is 0.242 e. The fourth-order valence-corrected chi connectivity index (χ4v) is 3.17. The minimum absolute atomic E-state index is 0.127. The van der Waals surface area contributed by atoms with Crippen LogP contribution in [0, 0.1) is 5.41 Å². The lowest BCUT2D eigenvalue weighted by molar-refractivity contribution is -0.132. The van der Waals surface area contributed by atoms with Crippen molar-refractivity contribution in [2.45, 2.75) is 70.4 Å². The standard InChI is InChI=1S/C15H25N3O2S/c1-10(12(19)18-11-6-7-11)17-14(20)15(13(16)21)8-4-2-3-5-9-15/h10-11H,2-9H2,1H3,(H2,16,21)(H,17,20)(H,18,19). The zero-order valence-corrected chi connectivity index (χ0v) is 13.4. The Morgan fingerprint density at radius 2 is 1.76 bits per heavy atom. The maximum absolute atomic E-state index is 12.7. The number of hydrogen-bond donors (Lipinski definition) is 3. The van der Waals surface area contributed by atoms with Crippen LogP contribution in [0.25, 0.3) is 0 Å². The predicted molar refractivity (Wildman–Crippen MR) is 85.7 cm³/mol. The summed E-state index contributed by atoms with van der Waals surface area (Å²) >= 11 is 5.18. The Balaban J connectivity index is 2.00. The van der Waals surface area contributed by atoms with Crippen molar-refractivity contribution in [1.82, 2.24) is 10.6 Å². The van der Waals surface area contributed by atoms with E-state index in [-0.39, 0.29) is 16.8 Å². The van der Waals surface area contributed by atoms with E-state index in [0.717, 1.165) is 38.5 Å². The highest BCUT2D eigenvalue weighted by Crippen LogP contribution is 2.36. The van der Waals surface area contributed by atoms with Gasteiger partial charge in [-0.25, -0.2) is 0 Å². The van der Waals surface area contributed by atoms with Gasteiger partial charge >= 0.3 is 0 Å². The third kappa shape index (κ3) is 3.93. The fraction of sp³-hybridized carbons (Fsp3) is 0.800. The van der Waals surface area contributed by atoms with E-state index < -0.39 is 11.5 Å². The molecule has 2 aliphatic carbocycles. The second kappa shape index (κ2) is 6.73. The summed E-state index contributed by atoms with van der Waals surface area (Å²) in [4.78, 5) is 24.9. The third-order valence-electron chi connectivity index (χ3n) is 4.53. The van der Waals surface area contributed by atoms with Crippen molar-refractivity contribution < 1.29 is 9.59 Å². The van der Waals surface area contributed by atoms with Crippen LogP contribution in [-0.2, 0) is 9.59 Å². The lowest BCUT2D eigenvalue weighted by atomic mass is 9.79. The lowest BCUT2D eigenvalue weighted by Gasteiger charge is -2.31. The third-order valence-corrected chi connectivity index (χ3v) is 4.92. The Morgan fingerprint density at radius 3 is 2.24 bits per heavy atom. The van der Waals surface area contributed by atoms with Crippen LogP contribution in [0.3, 0.4) is 0 Å². The summed E-state index contributed by atoms with van der Waals surface area (Å²) in [5, 5.41) is 5.71. The average molecular weight is 311 g/mol. The van der Waals surface area contributed by atoms with E-state index in [1.54, 1.807) is 6.92 Å². The number of hydrogen-bond acceptors (Lipinski definition) is 3. The van der Waals surface area contributed by atoms with E-state index in [1.807, 2.05) is 0 Å². The average Bonchev–Trinajstić information content (AvgIpc) is 3.23. The summed E-state index contributed by atoms with van der Waals surface area (Å²) in [6.45, 7) is 1.71. The first kappa shape index (κ1) is 16.2. The van der Waals surface area contributed by atoms with E-state index in [4.69, 9.17) is 18.0 Å². The topological polar surface area (TPSA) is 84.2 Å². The van der Waals surface area contributed by atoms with Crippen LogP contribution in [0.15, 0.2) is 0 Å². The molecule has 118 valence electrons. The smallest absolute Gasteiger partial charge is 0.242 e. The van der Waals surface area contributed by atoms with Crippen molar-refractivity contribution in [3.8, 4) is 0 Å². The SMILES string of the molecule is CC(NC(=O)C1(C(N)=S)CCCCCC1)C(=O)NC1CC1. The summed E-state index contributed by atoms with van der Waals surface area (Å²) in [6.07, 6.45) is 7.55. The van der Waals surface area contributed by atoms with Crippen molar-refractivity contribution in [3.05, 3.63) is 0 Å². The molecule has 0 radical (unpaired) electrons. The molecule has 0 aromatic carbocycles. The van der Waals surface area contributed by atoms with Gasteiger partial charge in [0.25, 0.3) is 0 Å². The van der Waals surface area contributed by atoms with Gasteiger partial charge in [-0.05, 0) is 32.6 Å². The van der Waals surface area contributed by atoms with Crippen molar-refractivity contribution >= 4 is 29.0 Å². The highest BCUT2D eigenvalue weighted by Gasteiger charge is 2.42. The number of nitrogens with two attached hydrogens (primary N) is 1. The first-order chi connectivity index (χ1) is 9.95. The molecule has 0 aromatic rings. The van der Waals surface area contributed by atoms with E-state index >= 15 is 0 Å². The number of rotatable bonds is 5. The lowest BCUT2D eigenvalue weighted by Crippen LogP contribution is -2.54. The molecule has 2 amide bonds. The predicted octanol–water partition coefficient (Wildman–Crippen LogP) is 1.40. The molecule has 0 aliphatic heterocycles. The molecule has 5 nitrogen and oxygen atoms in total. The van der Waals surface area contributed by atoms with Gasteiger partial charge in [-0.15, -0.1) is 0 Å². The van der Waals surface area contributed by atoms with Crippen LogP contribution in [0.5, 0.6) is 0 Å². The molecule has 1 unspecified atom stereocenters. The Hall–Kier alpha value is -1.17. The Kier molecular flexibility index (Phi) is 5.19. The van der Waals surface area contributed by atoms with Gasteiger partial charge in [-0.3, -0.25) is 9.59 Å². The van der Waals surface area contributed by atoms with E-state index in [1.165, 1.54) is 0 Å². The summed E-state index contributed by atoms with van der Waals surface area (Å²) in [6, 6.07) is -0.258. The number of amides is 2. The van der Waals surface area contributed by atoms with Crippen molar-refractivity contribution in [2.75, 3.05) is 0 Å². The molecule has 0 heterocycles. The molecule has 0 spiro atoms. The quantitative estimate of drug-likeness (QED) is 0.529. The van der Waals surface area contributed by atoms with Crippen LogP contribution in [0.1, 0.15) is 58.3 Å². The number of nitrogens with one attached hydrogen (secondary N) is 2. The molecule has 2 aliphatic rings. The first-order valence-electron chi connectivity index (χ1n) is 7.87. The highest BCUT2D eigenvalue weighted by atomic mass is 32.1. The number of thiocarbonyl (C=S) groups is 1. The molecule has 0 bridgehead atoms. The highest BCUT2D eigenvalue weighted by molar-refractivity contribution is 7.80. The summed E-state index contributed by atoms with van der Waals surface area (Å²) < 4.78 is 0. The summed E-state index contributed by atoms with van der Waals surface area (Å²) in [5.74, 6) is -0.312. The number of carbonyl (C=O) groups is 2. The minimum Gasteiger partial charge on any atom is -0.392 e. The molecular weight excluding hydrogens is 286 g/mol. The van der Waals surface area contributed by atoms with Gasteiger partial charge in [0.05, 0.1) is 10.4 Å². The van der Waals surface area contributed by atoms with Crippen LogP contribution in [0.4, 0.5) is 0 Å². The number of carbonyl (C=O) groups excluding carboxylic acids is 2. The molecule has 2 fully saturated rings. The van der Waals surface area contributed by atoms with Crippen molar-refractivity contribution in [2.24, 2.45) is 11.1 Å². The Labute approximate surface area is 131 Å². The largest absolute Gasteiger partial charge is 0.392 e. The van der Waals surface area contributed by atoms with Crippen molar-refractivity contribution in [3.63, 3.8) is 0 Å². The van der Waals surface area contributed by atoms with Gasteiger partial charge in [0.2, 0.25) is 11.8 Å². The van der Waals surface area contributed by atoms with Gasteiger partial charge in [0.15, 0.2) is 0 Å². The molecule has 21 heavy (non-hydrogen) atoms. The zero-order chi connectivity index (χ0) is 15.5. The molecule has 2 saturated carbocycles. The summed E-state index contributed by atoms with van der Waals surface area (Å²) in [5.41, 5.74) is 5.11. The molecule has 6 heteroatoms. The Bertz CT molecular complexity index is 427. The van der Waals surface area contributed by atoms with Gasteiger partial charge < -0.3 is 16.4 Å². The van der Waals surface area contributed by atoms with E-state index in [2.05, 4.69) is 10.6 Å². The Morgan fingerprint density at radius 1 is 1.19 bits per heavy atom. The van der Waals surface area contributed by atoms with Gasteiger partial charge in [-0.1, -0.05) is 37.9 Å². The van der Waals surface area contributed by atoms with E-state index in [9.17, 15) is 9.59 Å². The maximum atomic E-state index is 12.7. The van der Waals surface area contributed by atoms with E-state index in [0.29, 0.717) is 18.9 Å². The first-order valence-corrected chi connectivity index (χ1v) is 8.28. The zero-order valence-electron chi connectivity index (χ0n) is 12.6. The molecule has 0 saturated heterocycles. The second-order valence-electron chi connectivity index (χ2n) is 6.34. The second-order valence-corrected chi connectivity index (χ2v) is 6.78. The van der Waals surface area contributed by atoms with Crippen LogP contribution < -0.4 is 16.4 Å². The minimum atomic E-state index is -0.778. The van der Waals surface area contributed by atoms with Gasteiger partial charge in [0, 0.05) is 6.04 Å². The molecule has 1 atom stereocenters. The normalized spacial score (nSPS) is 22.7. The fourth-order valence-electron chi connectivity index (χ4n) is 2.87. The molecule has 4 N–H and O–H groups in total. The molecule has 2 rings (SSSR count). The van der Waals surface area contributed by atoms with Crippen molar-refractivity contribution in [1.29, 1.82) is 0 Å². The molecule has 0 aromatic heterocycles. The monoisotopic (exact) mass is 311 g/mol. The van der Waals surface area contributed by atoms with Gasteiger partial charge in [-0.2, -0.15) is 0 Å². The molecular formula is C15H25N3O2S.